The maximum Gasteiger partial charge on any atom is 0.251 e. The van der Waals surface area contributed by atoms with Gasteiger partial charge >= 0.3 is 0 Å². The Morgan fingerprint density at radius 3 is 2.34 bits per heavy atom. The number of carbonyl (C=O) groups is 2. The molecule has 0 radical (unpaired) electrons. The first-order chi connectivity index (χ1) is 16.2. The van der Waals surface area contributed by atoms with Gasteiger partial charge in [-0.25, -0.2) is 13.6 Å². The predicted molar refractivity (Wildman–Crippen MR) is 134 cm³/mol. The van der Waals surface area contributed by atoms with Crippen molar-refractivity contribution >= 4 is 33.4 Å². The molecule has 35 heavy (non-hydrogen) atoms. The smallest absolute Gasteiger partial charge is 0.251 e. The van der Waals surface area contributed by atoms with Gasteiger partial charge in [-0.15, -0.1) is 0 Å². The highest BCUT2D eigenvalue weighted by Crippen LogP contribution is 2.46. The van der Waals surface area contributed by atoms with Crippen LogP contribution in [-0.2, 0) is 20.4 Å². The van der Waals surface area contributed by atoms with Crippen molar-refractivity contribution < 1.29 is 23.1 Å². The van der Waals surface area contributed by atoms with E-state index < -0.39 is 38.9 Å². The Labute approximate surface area is 211 Å². The van der Waals surface area contributed by atoms with E-state index in [1.807, 2.05) is 26.0 Å². The van der Waals surface area contributed by atoms with Gasteiger partial charge in [-0.2, -0.15) is 0 Å². The van der Waals surface area contributed by atoms with Crippen LogP contribution in [0, 0.1) is 11.3 Å². The number of nitrogens with one attached hydrogen (secondary N) is 1. The molecule has 0 spiro atoms. The van der Waals surface area contributed by atoms with Crippen LogP contribution >= 0.6 is 11.6 Å². The summed E-state index contributed by atoms with van der Waals surface area (Å²) in [5, 5.41) is 20.1. The molecule has 1 heterocycles. The third-order valence-electron chi connectivity index (χ3n) is 7.01. The predicted octanol–water partition coefficient (Wildman–Crippen LogP) is 2.89. The van der Waals surface area contributed by atoms with Gasteiger partial charge in [-0.3, -0.25) is 9.59 Å². The first-order valence-corrected chi connectivity index (χ1v) is 13.3. The van der Waals surface area contributed by atoms with Crippen LogP contribution in [0.25, 0.3) is 0 Å². The zero-order valence-electron chi connectivity index (χ0n) is 20.3. The molecule has 0 aromatic heterocycles. The summed E-state index contributed by atoms with van der Waals surface area (Å²) >= 11 is 6.00. The number of aliphatic hydroxyl groups is 1. The van der Waals surface area contributed by atoms with Crippen molar-refractivity contribution in [1.82, 2.24) is 10.2 Å². The highest BCUT2D eigenvalue weighted by Gasteiger charge is 2.50. The molecular formula is C25H32ClN3O5S. The quantitative estimate of drug-likeness (QED) is 0.538. The van der Waals surface area contributed by atoms with E-state index in [1.165, 1.54) is 24.3 Å². The van der Waals surface area contributed by atoms with Crippen molar-refractivity contribution in [2.75, 3.05) is 13.1 Å². The summed E-state index contributed by atoms with van der Waals surface area (Å²) in [7, 11) is -3.94. The third kappa shape index (κ3) is 5.69. The van der Waals surface area contributed by atoms with Gasteiger partial charge in [0.25, 0.3) is 5.91 Å². The van der Waals surface area contributed by atoms with Crippen molar-refractivity contribution in [3.63, 3.8) is 0 Å². The van der Waals surface area contributed by atoms with Gasteiger partial charge in [0.15, 0.2) is 0 Å². The summed E-state index contributed by atoms with van der Waals surface area (Å²) in [6.45, 7) is 8.02. The normalized spacial score (nSPS) is 21.7. The molecule has 0 aliphatic carbocycles. The maximum atomic E-state index is 13.3. The average molecular weight is 522 g/mol. The molecule has 0 bridgehead atoms. The van der Waals surface area contributed by atoms with E-state index in [1.54, 1.807) is 30.9 Å². The molecule has 2 aromatic carbocycles. The van der Waals surface area contributed by atoms with Gasteiger partial charge < -0.3 is 15.3 Å². The molecule has 3 atom stereocenters. The Hall–Kier alpha value is -2.46. The van der Waals surface area contributed by atoms with E-state index in [9.17, 15) is 23.1 Å². The number of piperidine rings is 1. The molecule has 1 unspecified atom stereocenters. The second-order valence-corrected chi connectivity index (χ2v) is 11.9. The van der Waals surface area contributed by atoms with Crippen LogP contribution in [0.1, 0.15) is 50.0 Å². The van der Waals surface area contributed by atoms with Crippen LogP contribution in [0.3, 0.4) is 0 Å². The van der Waals surface area contributed by atoms with E-state index in [2.05, 4.69) is 5.32 Å². The number of amides is 2. The molecule has 0 saturated carbocycles. The minimum atomic E-state index is -3.94. The van der Waals surface area contributed by atoms with Crippen molar-refractivity contribution in [3.8, 4) is 0 Å². The Kier molecular flexibility index (Phi) is 7.67. The van der Waals surface area contributed by atoms with Gasteiger partial charge in [0.1, 0.15) is 0 Å². The van der Waals surface area contributed by atoms with Crippen LogP contribution in [0.2, 0.25) is 5.02 Å². The van der Waals surface area contributed by atoms with E-state index in [-0.39, 0.29) is 16.4 Å². The Bertz CT molecular complexity index is 1220. The van der Waals surface area contributed by atoms with E-state index >= 15 is 0 Å². The standard InChI is InChI=1S/C25H32ClN3O5S/c1-16(17(2)28-22(30)18-6-5-7-21(14-18)35(27,33)34)23(31)29-13-12-25(32,24(3,4)15-29)19-8-10-20(26)11-9-19/h5-11,14,16-17,32H,12-13,15H2,1-4H3,(H,28,30)(H2,27,33,34)/t16-,17?,25+/m1/s1. The molecule has 4 N–H and O–H groups in total. The SMILES string of the molecule is CC(NC(=O)c1cccc(S(N)(=O)=O)c1)[C@@H](C)C(=O)N1CC[C@](O)(c2ccc(Cl)cc2)C(C)(C)C1. The average Bonchev–Trinajstić information content (AvgIpc) is 2.79. The van der Waals surface area contributed by atoms with E-state index in [4.69, 9.17) is 16.7 Å². The first-order valence-electron chi connectivity index (χ1n) is 11.4. The number of hydrogen-bond donors (Lipinski definition) is 3. The van der Waals surface area contributed by atoms with Gasteiger partial charge in [0.05, 0.1) is 16.4 Å². The number of rotatable bonds is 6. The second kappa shape index (κ2) is 9.89. The van der Waals surface area contributed by atoms with Crippen molar-refractivity contribution in [1.29, 1.82) is 0 Å². The monoisotopic (exact) mass is 521 g/mol. The van der Waals surface area contributed by atoms with Gasteiger partial charge in [0, 0.05) is 35.1 Å². The molecule has 1 aliphatic rings. The Morgan fingerprint density at radius 2 is 1.77 bits per heavy atom. The summed E-state index contributed by atoms with van der Waals surface area (Å²) < 4.78 is 23.2. The van der Waals surface area contributed by atoms with Gasteiger partial charge in [-0.05, 0) is 49.2 Å². The van der Waals surface area contributed by atoms with Crippen LogP contribution in [0.5, 0.6) is 0 Å². The summed E-state index contributed by atoms with van der Waals surface area (Å²) in [5.74, 6) is -1.18. The molecular weight excluding hydrogens is 490 g/mol. The van der Waals surface area contributed by atoms with E-state index in [0.717, 1.165) is 5.56 Å². The summed E-state index contributed by atoms with van der Waals surface area (Å²) in [5.41, 5.74) is -0.856. The van der Waals surface area contributed by atoms with E-state index in [0.29, 0.717) is 24.5 Å². The first kappa shape index (κ1) is 27.1. The number of primary sulfonamides is 1. The molecule has 2 aromatic rings. The number of sulfonamides is 1. The lowest BCUT2D eigenvalue weighted by Crippen LogP contribution is -2.58. The van der Waals surface area contributed by atoms with Crippen molar-refractivity contribution in [2.24, 2.45) is 16.5 Å². The fraction of sp³-hybridized carbons (Fsp3) is 0.440. The molecule has 8 nitrogen and oxygen atoms in total. The largest absolute Gasteiger partial charge is 0.384 e. The van der Waals surface area contributed by atoms with Crippen molar-refractivity contribution in [2.45, 2.75) is 50.7 Å². The molecule has 10 heteroatoms. The molecule has 190 valence electrons. The van der Waals surface area contributed by atoms with Gasteiger partial charge in [0.2, 0.25) is 15.9 Å². The number of benzene rings is 2. The van der Waals surface area contributed by atoms with Crippen LogP contribution in [0.4, 0.5) is 0 Å². The molecule has 1 fully saturated rings. The maximum absolute atomic E-state index is 13.3. The summed E-state index contributed by atoms with van der Waals surface area (Å²) in [6, 6.07) is 12.0. The topological polar surface area (TPSA) is 130 Å². The van der Waals surface area contributed by atoms with Crippen LogP contribution in [-0.4, -0.2) is 49.4 Å². The highest BCUT2D eigenvalue weighted by atomic mass is 35.5. The van der Waals surface area contributed by atoms with Crippen LogP contribution < -0.4 is 10.5 Å². The number of likely N-dealkylation sites (tertiary alicyclic amines) is 1. The highest BCUT2D eigenvalue weighted by molar-refractivity contribution is 7.89. The lowest BCUT2D eigenvalue weighted by molar-refractivity contribution is -0.156. The van der Waals surface area contributed by atoms with Crippen molar-refractivity contribution in [3.05, 3.63) is 64.7 Å². The third-order valence-corrected chi connectivity index (χ3v) is 8.17. The lowest BCUT2D eigenvalue weighted by atomic mass is 9.66. The number of nitrogens with zero attached hydrogens (tertiary/aromatic N) is 1. The minimum Gasteiger partial charge on any atom is -0.384 e. The second-order valence-electron chi connectivity index (χ2n) is 9.88. The Balaban J connectivity index is 1.68. The minimum absolute atomic E-state index is 0.134. The lowest BCUT2D eigenvalue weighted by Gasteiger charge is -2.51. The zero-order chi connectivity index (χ0) is 26.2. The number of nitrogens with two attached hydrogens (primary N) is 1. The fourth-order valence-corrected chi connectivity index (χ4v) is 5.19. The van der Waals surface area contributed by atoms with Gasteiger partial charge in [-0.1, -0.05) is 50.6 Å². The Morgan fingerprint density at radius 1 is 1.14 bits per heavy atom. The summed E-state index contributed by atoms with van der Waals surface area (Å²) in [6.07, 6.45) is 0.362. The zero-order valence-corrected chi connectivity index (χ0v) is 21.9. The molecule has 3 rings (SSSR count). The fourth-order valence-electron chi connectivity index (χ4n) is 4.50. The number of hydrogen-bond acceptors (Lipinski definition) is 5. The molecule has 1 aliphatic heterocycles. The summed E-state index contributed by atoms with van der Waals surface area (Å²) in [4.78, 5) is 27.6. The molecule has 1 saturated heterocycles. The number of carbonyl (C=O) groups excluding carboxylic acids is 2. The number of halogens is 1. The molecule has 2 amide bonds. The van der Waals surface area contributed by atoms with Crippen LogP contribution in [0.15, 0.2) is 53.4 Å².